The fraction of sp³-hybridized carbons (Fsp3) is 0.929. The molecule has 1 aliphatic rings. The van der Waals surface area contributed by atoms with Crippen LogP contribution in [0.1, 0.15) is 46.5 Å². The number of nitrogens with zero attached hydrogens (tertiary/aromatic N) is 1. The van der Waals surface area contributed by atoms with E-state index in [1.54, 1.807) is 0 Å². The van der Waals surface area contributed by atoms with Crippen molar-refractivity contribution < 1.29 is 13.2 Å². The lowest BCUT2D eigenvalue weighted by Gasteiger charge is -2.32. The first-order chi connectivity index (χ1) is 9.76. The van der Waals surface area contributed by atoms with E-state index >= 15 is 0 Å². The standard InChI is InChI=1S/C14H29N3O3S/c1-4-9-21(19,20)17-7-5-12(6-8-17)16-14(18)13(15)10-11(2)3/h11-13H,4-10,15H2,1-3H3,(H,16,18). The second-order valence-corrected chi connectivity index (χ2v) is 8.32. The van der Waals surface area contributed by atoms with Crippen LogP contribution in [-0.4, -0.2) is 49.6 Å². The number of nitrogens with one attached hydrogen (secondary N) is 1. The van der Waals surface area contributed by atoms with Crippen molar-refractivity contribution in [1.29, 1.82) is 0 Å². The molecule has 0 spiro atoms. The van der Waals surface area contributed by atoms with Gasteiger partial charge in [-0.25, -0.2) is 12.7 Å². The summed E-state index contributed by atoms with van der Waals surface area (Å²) in [6.07, 6.45) is 2.60. The van der Waals surface area contributed by atoms with Gasteiger partial charge in [0.1, 0.15) is 0 Å². The van der Waals surface area contributed by atoms with Crippen LogP contribution in [0.15, 0.2) is 0 Å². The first-order valence-corrected chi connectivity index (χ1v) is 9.41. The Kier molecular flexibility index (Phi) is 7.09. The highest BCUT2D eigenvalue weighted by Gasteiger charge is 2.28. The smallest absolute Gasteiger partial charge is 0.237 e. The highest BCUT2D eigenvalue weighted by atomic mass is 32.2. The zero-order valence-electron chi connectivity index (χ0n) is 13.3. The Labute approximate surface area is 128 Å². The third-order valence-electron chi connectivity index (χ3n) is 3.72. The second-order valence-electron chi connectivity index (χ2n) is 6.23. The number of carbonyl (C=O) groups excluding carboxylic acids is 1. The Morgan fingerprint density at radius 1 is 1.33 bits per heavy atom. The van der Waals surface area contributed by atoms with Gasteiger partial charge in [-0.1, -0.05) is 20.8 Å². The van der Waals surface area contributed by atoms with Crippen LogP contribution in [0.3, 0.4) is 0 Å². The largest absolute Gasteiger partial charge is 0.352 e. The molecule has 1 aliphatic heterocycles. The van der Waals surface area contributed by atoms with Crippen LogP contribution in [-0.2, 0) is 14.8 Å². The molecule has 124 valence electrons. The van der Waals surface area contributed by atoms with Crippen LogP contribution in [0.2, 0.25) is 0 Å². The van der Waals surface area contributed by atoms with Crippen LogP contribution in [0.5, 0.6) is 0 Å². The van der Waals surface area contributed by atoms with E-state index in [2.05, 4.69) is 5.32 Å². The molecule has 1 amide bonds. The van der Waals surface area contributed by atoms with Gasteiger partial charge in [-0.2, -0.15) is 0 Å². The highest BCUT2D eigenvalue weighted by Crippen LogP contribution is 2.15. The predicted octanol–water partition coefficient (Wildman–Crippen LogP) is 0.680. The van der Waals surface area contributed by atoms with E-state index in [-0.39, 0.29) is 17.7 Å². The second kappa shape index (κ2) is 8.10. The topological polar surface area (TPSA) is 92.5 Å². The summed E-state index contributed by atoms with van der Waals surface area (Å²) in [5.41, 5.74) is 5.85. The molecule has 1 saturated heterocycles. The van der Waals surface area contributed by atoms with Gasteiger partial charge in [-0.3, -0.25) is 4.79 Å². The summed E-state index contributed by atoms with van der Waals surface area (Å²) >= 11 is 0. The predicted molar refractivity (Wildman–Crippen MR) is 84.2 cm³/mol. The number of hydrogen-bond donors (Lipinski definition) is 2. The summed E-state index contributed by atoms with van der Waals surface area (Å²) in [7, 11) is -3.12. The number of sulfonamides is 1. The highest BCUT2D eigenvalue weighted by molar-refractivity contribution is 7.89. The lowest BCUT2D eigenvalue weighted by Crippen LogP contribution is -2.51. The fourth-order valence-corrected chi connectivity index (χ4v) is 4.13. The van der Waals surface area contributed by atoms with Gasteiger partial charge in [0.25, 0.3) is 0 Å². The minimum atomic E-state index is -3.12. The molecule has 7 heteroatoms. The molecular formula is C14H29N3O3S. The van der Waals surface area contributed by atoms with Gasteiger partial charge >= 0.3 is 0 Å². The average molecular weight is 319 g/mol. The zero-order valence-corrected chi connectivity index (χ0v) is 14.2. The molecule has 0 radical (unpaired) electrons. The first-order valence-electron chi connectivity index (χ1n) is 7.80. The summed E-state index contributed by atoms with van der Waals surface area (Å²) in [5.74, 6) is 0.453. The molecular weight excluding hydrogens is 290 g/mol. The normalized spacial score (nSPS) is 19.7. The maximum absolute atomic E-state index is 12.0. The van der Waals surface area contributed by atoms with E-state index in [1.807, 2.05) is 20.8 Å². The number of nitrogens with two attached hydrogens (primary N) is 1. The van der Waals surface area contributed by atoms with Crippen molar-refractivity contribution in [2.75, 3.05) is 18.8 Å². The van der Waals surface area contributed by atoms with Crippen molar-refractivity contribution >= 4 is 15.9 Å². The lowest BCUT2D eigenvalue weighted by atomic mass is 10.0. The number of amides is 1. The van der Waals surface area contributed by atoms with E-state index in [9.17, 15) is 13.2 Å². The van der Waals surface area contributed by atoms with Crippen LogP contribution >= 0.6 is 0 Å². The minimum Gasteiger partial charge on any atom is -0.352 e. The minimum absolute atomic E-state index is 0.0313. The van der Waals surface area contributed by atoms with Crippen molar-refractivity contribution in [2.24, 2.45) is 11.7 Å². The van der Waals surface area contributed by atoms with Crippen LogP contribution in [0.25, 0.3) is 0 Å². The summed E-state index contributed by atoms with van der Waals surface area (Å²) in [6, 6.07) is -0.448. The van der Waals surface area contributed by atoms with E-state index in [4.69, 9.17) is 5.73 Å². The molecule has 0 saturated carbocycles. The maximum atomic E-state index is 12.0. The molecule has 1 atom stereocenters. The van der Waals surface area contributed by atoms with Crippen LogP contribution in [0.4, 0.5) is 0 Å². The summed E-state index contributed by atoms with van der Waals surface area (Å²) in [4.78, 5) is 12.0. The molecule has 1 heterocycles. The molecule has 1 rings (SSSR count). The molecule has 3 N–H and O–H groups in total. The zero-order chi connectivity index (χ0) is 16.0. The first kappa shape index (κ1) is 18.4. The fourth-order valence-electron chi connectivity index (χ4n) is 2.59. The quantitative estimate of drug-likeness (QED) is 0.722. The van der Waals surface area contributed by atoms with E-state index in [0.29, 0.717) is 44.7 Å². The molecule has 1 unspecified atom stereocenters. The molecule has 0 aromatic rings. The maximum Gasteiger partial charge on any atom is 0.237 e. The Balaban J connectivity index is 2.42. The van der Waals surface area contributed by atoms with Gasteiger partial charge in [0.2, 0.25) is 15.9 Å². The molecule has 21 heavy (non-hydrogen) atoms. The lowest BCUT2D eigenvalue weighted by molar-refractivity contribution is -0.123. The Morgan fingerprint density at radius 3 is 2.38 bits per heavy atom. The van der Waals surface area contributed by atoms with Crippen molar-refractivity contribution in [3.05, 3.63) is 0 Å². The third-order valence-corrected chi connectivity index (χ3v) is 5.79. The van der Waals surface area contributed by atoms with Gasteiger partial charge in [0, 0.05) is 19.1 Å². The van der Waals surface area contributed by atoms with Crippen LogP contribution in [0, 0.1) is 5.92 Å². The van der Waals surface area contributed by atoms with E-state index in [0.717, 1.165) is 0 Å². The summed E-state index contributed by atoms with van der Waals surface area (Å²) in [5, 5.41) is 2.94. The third kappa shape index (κ3) is 5.92. The van der Waals surface area contributed by atoms with Crippen molar-refractivity contribution in [2.45, 2.75) is 58.5 Å². The number of rotatable bonds is 7. The number of piperidine rings is 1. The Bertz CT molecular complexity index is 429. The van der Waals surface area contributed by atoms with Crippen molar-refractivity contribution in [1.82, 2.24) is 9.62 Å². The van der Waals surface area contributed by atoms with Crippen molar-refractivity contribution in [3.63, 3.8) is 0 Å². The van der Waals surface area contributed by atoms with Gasteiger partial charge in [-0.05, 0) is 31.6 Å². The molecule has 0 aromatic heterocycles. The molecule has 6 nitrogen and oxygen atoms in total. The van der Waals surface area contributed by atoms with Gasteiger partial charge in [0.05, 0.1) is 11.8 Å². The summed E-state index contributed by atoms with van der Waals surface area (Å²) < 4.78 is 25.5. The van der Waals surface area contributed by atoms with Crippen LogP contribution < -0.4 is 11.1 Å². The van der Waals surface area contributed by atoms with E-state index in [1.165, 1.54) is 4.31 Å². The SMILES string of the molecule is CCCS(=O)(=O)N1CCC(NC(=O)C(N)CC(C)C)CC1. The van der Waals surface area contributed by atoms with E-state index < -0.39 is 16.1 Å². The molecule has 0 aromatic carbocycles. The number of carbonyl (C=O) groups is 1. The Hall–Kier alpha value is -0.660. The average Bonchev–Trinajstić information content (AvgIpc) is 2.38. The number of hydrogen-bond acceptors (Lipinski definition) is 4. The molecule has 0 bridgehead atoms. The summed E-state index contributed by atoms with van der Waals surface area (Å²) in [6.45, 7) is 6.88. The van der Waals surface area contributed by atoms with Gasteiger partial charge in [0.15, 0.2) is 0 Å². The van der Waals surface area contributed by atoms with Gasteiger partial charge < -0.3 is 11.1 Å². The van der Waals surface area contributed by atoms with Crippen molar-refractivity contribution in [3.8, 4) is 0 Å². The molecule has 1 fully saturated rings. The Morgan fingerprint density at radius 2 is 1.90 bits per heavy atom. The van der Waals surface area contributed by atoms with Gasteiger partial charge in [-0.15, -0.1) is 0 Å². The molecule has 0 aliphatic carbocycles. The monoisotopic (exact) mass is 319 g/mol.